The molecule has 8 heteroatoms. The first-order valence-corrected chi connectivity index (χ1v) is 9.21. The van der Waals surface area contributed by atoms with Crippen molar-refractivity contribution in [1.29, 1.82) is 0 Å². The number of nitrogens with one attached hydrogen (secondary N) is 3. The Morgan fingerprint density at radius 1 is 1.25 bits per heavy atom. The van der Waals surface area contributed by atoms with Gasteiger partial charge in [0.05, 0.1) is 13.7 Å². The summed E-state index contributed by atoms with van der Waals surface area (Å²) >= 11 is 0. The van der Waals surface area contributed by atoms with Gasteiger partial charge in [0.25, 0.3) is 0 Å². The van der Waals surface area contributed by atoms with E-state index in [9.17, 15) is 4.79 Å². The summed E-state index contributed by atoms with van der Waals surface area (Å²) in [7, 11) is 1.59. The third-order valence-corrected chi connectivity index (χ3v) is 3.97. The number of guanidine groups is 1. The van der Waals surface area contributed by atoms with Crippen LogP contribution in [0.4, 0.5) is 0 Å². The number of methoxy groups -OCH3 is 1. The molecule has 1 amide bonds. The van der Waals surface area contributed by atoms with E-state index in [1.807, 2.05) is 25.1 Å². The predicted molar refractivity (Wildman–Crippen MR) is 121 cm³/mol. The Hall–Kier alpha value is -2.15. The van der Waals surface area contributed by atoms with Crippen LogP contribution < -0.4 is 25.4 Å². The Bertz CT molecular complexity index is 699. The van der Waals surface area contributed by atoms with Gasteiger partial charge in [-0.15, -0.1) is 30.4 Å². The monoisotopic (exact) mass is 500 g/mol. The fraction of sp³-hybridized carbons (Fsp3) is 0.500. The second-order valence-electron chi connectivity index (χ2n) is 6.17. The standard InChI is InChI=1S/C20H28N4O3.HI/c1-4-12-27-18-13-15(6-9-17(18)26-3)14-24-20(21-5-2)23-11-10-22-19(25)16-7-8-16;/h1,6,9,13,16H,5,7-8,10-12,14H2,2-3H3,(H,22,25)(H2,21,23,24);1H. The Morgan fingerprint density at radius 2 is 2.00 bits per heavy atom. The van der Waals surface area contributed by atoms with Gasteiger partial charge in [0.2, 0.25) is 5.91 Å². The van der Waals surface area contributed by atoms with Gasteiger partial charge in [-0.1, -0.05) is 12.0 Å². The van der Waals surface area contributed by atoms with Gasteiger partial charge in [-0.3, -0.25) is 4.79 Å². The van der Waals surface area contributed by atoms with Crippen molar-refractivity contribution in [3.63, 3.8) is 0 Å². The molecule has 0 bridgehead atoms. The zero-order chi connectivity index (χ0) is 19.5. The fourth-order valence-electron chi connectivity index (χ4n) is 2.42. The molecule has 154 valence electrons. The minimum atomic E-state index is 0. The molecule has 0 atom stereocenters. The van der Waals surface area contributed by atoms with Gasteiger partial charge >= 0.3 is 0 Å². The predicted octanol–water partition coefficient (Wildman–Crippen LogP) is 1.91. The van der Waals surface area contributed by atoms with Gasteiger partial charge in [-0.25, -0.2) is 4.99 Å². The molecule has 1 aliphatic rings. The quantitative estimate of drug-likeness (QED) is 0.150. The van der Waals surface area contributed by atoms with Gasteiger partial charge in [0, 0.05) is 25.6 Å². The van der Waals surface area contributed by atoms with Crippen LogP contribution in [0.15, 0.2) is 23.2 Å². The van der Waals surface area contributed by atoms with Gasteiger partial charge in [-0.05, 0) is 37.5 Å². The third kappa shape index (κ3) is 8.25. The number of carbonyl (C=O) groups excluding carboxylic acids is 1. The molecule has 0 radical (unpaired) electrons. The molecule has 3 N–H and O–H groups in total. The molecule has 0 aliphatic heterocycles. The normalized spacial score (nSPS) is 13.0. The summed E-state index contributed by atoms with van der Waals surface area (Å²) in [6.07, 6.45) is 7.28. The maximum absolute atomic E-state index is 11.6. The highest BCUT2D eigenvalue weighted by Gasteiger charge is 2.28. The van der Waals surface area contributed by atoms with E-state index in [1.165, 1.54) is 0 Å². The molecule has 1 aliphatic carbocycles. The molecule has 0 saturated heterocycles. The molecule has 7 nitrogen and oxygen atoms in total. The van der Waals surface area contributed by atoms with Crippen molar-refractivity contribution in [3.05, 3.63) is 23.8 Å². The molecule has 1 aromatic carbocycles. The summed E-state index contributed by atoms with van der Waals surface area (Å²) in [5, 5.41) is 9.33. The first kappa shape index (κ1) is 23.9. The zero-order valence-electron chi connectivity index (χ0n) is 16.4. The maximum Gasteiger partial charge on any atom is 0.223 e. The summed E-state index contributed by atoms with van der Waals surface area (Å²) in [5.74, 6) is 4.75. The maximum atomic E-state index is 11.6. The number of terminal acetylenes is 1. The van der Waals surface area contributed by atoms with E-state index in [0.29, 0.717) is 37.1 Å². The lowest BCUT2D eigenvalue weighted by Crippen LogP contribution is -2.41. The summed E-state index contributed by atoms with van der Waals surface area (Å²) in [6.45, 7) is 4.60. The summed E-state index contributed by atoms with van der Waals surface area (Å²) in [4.78, 5) is 16.2. The smallest absolute Gasteiger partial charge is 0.223 e. The summed E-state index contributed by atoms with van der Waals surface area (Å²) in [5.41, 5.74) is 0.974. The van der Waals surface area contributed by atoms with Crippen molar-refractivity contribution in [2.24, 2.45) is 10.9 Å². The summed E-state index contributed by atoms with van der Waals surface area (Å²) < 4.78 is 10.8. The van der Waals surface area contributed by atoms with Gasteiger partial charge in [-0.2, -0.15) is 0 Å². The van der Waals surface area contributed by atoms with E-state index >= 15 is 0 Å². The Morgan fingerprint density at radius 3 is 2.64 bits per heavy atom. The average molecular weight is 500 g/mol. The lowest BCUT2D eigenvalue weighted by molar-refractivity contribution is -0.122. The van der Waals surface area contributed by atoms with Crippen LogP contribution in [0.2, 0.25) is 0 Å². The lowest BCUT2D eigenvalue weighted by Gasteiger charge is -2.13. The second kappa shape index (κ2) is 13.1. The van der Waals surface area contributed by atoms with E-state index in [1.54, 1.807) is 7.11 Å². The molecular formula is C20H29IN4O3. The first-order valence-electron chi connectivity index (χ1n) is 9.21. The molecule has 1 fully saturated rings. The number of ether oxygens (including phenoxy) is 2. The molecule has 0 unspecified atom stereocenters. The summed E-state index contributed by atoms with van der Waals surface area (Å²) in [6, 6.07) is 5.65. The van der Waals surface area contributed by atoms with Crippen molar-refractivity contribution in [2.75, 3.05) is 33.4 Å². The van der Waals surface area contributed by atoms with Gasteiger partial charge in [0.15, 0.2) is 17.5 Å². The topological polar surface area (TPSA) is 84.0 Å². The van der Waals surface area contributed by atoms with Gasteiger partial charge in [0.1, 0.15) is 6.61 Å². The highest BCUT2D eigenvalue weighted by atomic mass is 127. The van der Waals surface area contributed by atoms with E-state index in [2.05, 4.69) is 26.9 Å². The van der Waals surface area contributed by atoms with Crippen molar-refractivity contribution >= 4 is 35.8 Å². The molecule has 0 aromatic heterocycles. The number of rotatable bonds is 10. The Labute approximate surface area is 184 Å². The van der Waals surface area contributed by atoms with Crippen LogP contribution in [0.3, 0.4) is 0 Å². The Kier molecular flexibility index (Phi) is 11.2. The fourth-order valence-corrected chi connectivity index (χ4v) is 2.42. The van der Waals surface area contributed by atoms with E-state index < -0.39 is 0 Å². The third-order valence-electron chi connectivity index (χ3n) is 3.97. The number of benzene rings is 1. The van der Waals surface area contributed by atoms with Crippen LogP contribution in [0.1, 0.15) is 25.3 Å². The van der Waals surface area contributed by atoms with Gasteiger partial charge < -0.3 is 25.4 Å². The van der Waals surface area contributed by atoms with E-state index in [4.69, 9.17) is 15.9 Å². The lowest BCUT2D eigenvalue weighted by atomic mass is 10.2. The first-order chi connectivity index (χ1) is 13.2. The number of nitrogens with zero attached hydrogens (tertiary/aromatic N) is 1. The number of aliphatic imine (C=N–C) groups is 1. The largest absolute Gasteiger partial charge is 0.493 e. The van der Waals surface area contributed by atoms with Crippen LogP contribution in [0.5, 0.6) is 11.5 Å². The number of hydrogen-bond acceptors (Lipinski definition) is 4. The SMILES string of the molecule is C#CCOc1cc(CN=C(NCC)NCCNC(=O)C2CC2)ccc1OC.I. The van der Waals surface area contributed by atoms with E-state index in [-0.39, 0.29) is 42.4 Å². The van der Waals surface area contributed by atoms with E-state index in [0.717, 1.165) is 24.9 Å². The molecule has 1 aromatic rings. The minimum Gasteiger partial charge on any atom is -0.493 e. The number of hydrogen-bond donors (Lipinski definition) is 3. The zero-order valence-corrected chi connectivity index (χ0v) is 18.7. The highest BCUT2D eigenvalue weighted by Crippen LogP contribution is 2.29. The molecule has 0 heterocycles. The Balaban J connectivity index is 0.00000392. The van der Waals surface area contributed by atoms with Crippen LogP contribution >= 0.6 is 24.0 Å². The van der Waals surface area contributed by atoms with Crippen molar-refractivity contribution in [1.82, 2.24) is 16.0 Å². The number of amides is 1. The minimum absolute atomic E-state index is 0. The second-order valence-corrected chi connectivity index (χ2v) is 6.17. The molecule has 0 spiro atoms. The van der Waals surface area contributed by atoms with Crippen molar-refractivity contribution in [3.8, 4) is 23.8 Å². The average Bonchev–Trinajstić information content (AvgIpc) is 3.52. The van der Waals surface area contributed by atoms with Crippen molar-refractivity contribution in [2.45, 2.75) is 26.3 Å². The highest BCUT2D eigenvalue weighted by molar-refractivity contribution is 14.0. The molecule has 1 saturated carbocycles. The number of carbonyl (C=O) groups is 1. The van der Waals surface area contributed by atoms with Crippen LogP contribution in [0, 0.1) is 18.3 Å². The van der Waals surface area contributed by atoms with Crippen LogP contribution in [-0.2, 0) is 11.3 Å². The van der Waals surface area contributed by atoms with Crippen LogP contribution in [0.25, 0.3) is 0 Å². The number of halogens is 1. The van der Waals surface area contributed by atoms with Crippen molar-refractivity contribution < 1.29 is 14.3 Å². The molecular weight excluding hydrogens is 471 g/mol. The molecule has 2 rings (SSSR count). The van der Waals surface area contributed by atoms with Crippen LogP contribution in [-0.4, -0.2) is 45.2 Å². The molecule has 28 heavy (non-hydrogen) atoms.